The van der Waals surface area contributed by atoms with Gasteiger partial charge in [-0.05, 0) is 42.8 Å². The lowest BCUT2D eigenvalue weighted by Crippen LogP contribution is -2.20. The number of hydrogen-bond donors (Lipinski definition) is 2. The highest BCUT2D eigenvalue weighted by atomic mass is 35.5. The van der Waals surface area contributed by atoms with E-state index in [9.17, 15) is 10.1 Å². The van der Waals surface area contributed by atoms with Crippen LogP contribution in [0.5, 0.6) is 0 Å². The number of halogens is 1. The van der Waals surface area contributed by atoms with Crippen molar-refractivity contribution >= 4 is 28.7 Å². The third-order valence-electron chi connectivity index (χ3n) is 3.22. The molecule has 2 aromatic rings. The third-order valence-corrected chi connectivity index (χ3v) is 3.53. The molecule has 0 aliphatic rings. The first kappa shape index (κ1) is 18.0. The molecule has 0 amide bonds. The highest BCUT2D eigenvalue weighted by Gasteiger charge is 2.04. The second kappa shape index (κ2) is 9.07. The van der Waals surface area contributed by atoms with Gasteiger partial charge < -0.3 is 10.4 Å². The molecule has 0 aliphatic carbocycles. The summed E-state index contributed by atoms with van der Waals surface area (Å²) >= 11 is 6.20. The van der Waals surface area contributed by atoms with Crippen molar-refractivity contribution in [3.8, 4) is 0 Å². The summed E-state index contributed by atoms with van der Waals surface area (Å²) in [5, 5.41) is 31.0. The molecule has 0 heterocycles. The van der Waals surface area contributed by atoms with Crippen LogP contribution in [0.3, 0.4) is 0 Å². The van der Waals surface area contributed by atoms with Crippen molar-refractivity contribution in [3.05, 3.63) is 63.2 Å². The van der Waals surface area contributed by atoms with Gasteiger partial charge in [-0.2, -0.15) is 5.11 Å². The summed E-state index contributed by atoms with van der Waals surface area (Å²) in [7, 11) is 0. The molecular formula is C16H17ClN4O3. The van der Waals surface area contributed by atoms with Crippen molar-refractivity contribution < 1.29 is 10.0 Å². The van der Waals surface area contributed by atoms with Crippen LogP contribution in [0.2, 0.25) is 5.02 Å². The Bertz CT molecular complexity index is 720. The maximum Gasteiger partial charge on any atom is 0.269 e. The molecule has 0 radical (unpaired) electrons. The van der Waals surface area contributed by atoms with Crippen LogP contribution >= 0.6 is 11.6 Å². The smallest absolute Gasteiger partial charge is 0.269 e. The van der Waals surface area contributed by atoms with E-state index in [1.165, 1.54) is 24.3 Å². The molecule has 0 unspecified atom stereocenters. The fourth-order valence-electron chi connectivity index (χ4n) is 1.98. The number of nitro benzene ring substituents is 1. The average molecular weight is 349 g/mol. The van der Waals surface area contributed by atoms with Crippen molar-refractivity contribution in [2.75, 3.05) is 19.7 Å². The third kappa shape index (κ3) is 5.38. The zero-order valence-electron chi connectivity index (χ0n) is 12.9. The Morgan fingerprint density at radius 1 is 1.12 bits per heavy atom. The number of benzene rings is 2. The maximum absolute atomic E-state index is 10.6. The van der Waals surface area contributed by atoms with Crippen LogP contribution in [0.1, 0.15) is 5.56 Å². The number of aliphatic hydroxyl groups is 1. The van der Waals surface area contributed by atoms with Crippen LogP contribution < -0.4 is 5.32 Å². The Balaban J connectivity index is 2.00. The minimum absolute atomic E-state index is 0.00569. The minimum Gasteiger partial charge on any atom is -0.395 e. The molecule has 2 N–H and O–H groups in total. The van der Waals surface area contributed by atoms with E-state index in [1.54, 1.807) is 6.07 Å². The largest absolute Gasteiger partial charge is 0.395 e. The molecule has 24 heavy (non-hydrogen) atoms. The number of nitro groups is 1. The highest BCUT2D eigenvalue weighted by molar-refractivity contribution is 6.33. The van der Waals surface area contributed by atoms with Crippen molar-refractivity contribution in [2.45, 2.75) is 6.42 Å². The van der Waals surface area contributed by atoms with Crippen molar-refractivity contribution in [3.63, 3.8) is 0 Å². The van der Waals surface area contributed by atoms with Crippen LogP contribution in [0, 0.1) is 10.1 Å². The SMILES string of the molecule is O=[N+]([O-])c1ccc(N=Nc2ccc(CCNCCO)cc2Cl)cc1. The fourth-order valence-corrected chi connectivity index (χ4v) is 2.22. The van der Waals surface area contributed by atoms with Gasteiger partial charge in [-0.15, -0.1) is 5.11 Å². The summed E-state index contributed by atoms with van der Waals surface area (Å²) in [6, 6.07) is 11.3. The van der Waals surface area contributed by atoms with Gasteiger partial charge in [-0.25, -0.2) is 0 Å². The number of hydrogen-bond acceptors (Lipinski definition) is 6. The quantitative estimate of drug-likeness (QED) is 0.328. The Labute approximate surface area is 144 Å². The maximum atomic E-state index is 10.6. The number of non-ortho nitro benzene ring substituents is 1. The van der Waals surface area contributed by atoms with Gasteiger partial charge >= 0.3 is 0 Å². The van der Waals surface area contributed by atoms with Crippen LogP contribution in [-0.2, 0) is 6.42 Å². The summed E-state index contributed by atoms with van der Waals surface area (Å²) in [5.74, 6) is 0. The Morgan fingerprint density at radius 3 is 2.50 bits per heavy atom. The standard InChI is InChI=1S/C16H17ClN4O3/c17-15-11-12(7-8-18-9-10-22)1-6-16(15)20-19-13-2-4-14(5-3-13)21(23)24/h1-6,11,18,22H,7-10H2. The van der Waals surface area contributed by atoms with E-state index in [2.05, 4.69) is 15.5 Å². The topological polar surface area (TPSA) is 100 Å². The van der Waals surface area contributed by atoms with Crippen LogP contribution in [0.15, 0.2) is 52.7 Å². The van der Waals surface area contributed by atoms with Gasteiger partial charge in [0.15, 0.2) is 0 Å². The summed E-state index contributed by atoms with van der Waals surface area (Å²) < 4.78 is 0. The molecule has 0 spiro atoms. The van der Waals surface area contributed by atoms with Gasteiger partial charge in [-0.1, -0.05) is 17.7 Å². The lowest BCUT2D eigenvalue weighted by molar-refractivity contribution is -0.384. The normalized spacial score (nSPS) is 11.1. The Kier molecular flexibility index (Phi) is 6.80. The van der Waals surface area contributed by atoms with E-state index >= 15 is 0 Å². The summed E-state index contributed by atoms with van der Waals surface area (Å²) in [5.41, 5.74) is 2.10. The minimum atomic E-state index is -0.466. The average Bonchev–Trinajstić information content (AvgIpc) is 2.58. The molecule has 7 nitrogen and oxygen atoms in total. The molecule has 0 fully saturated rings. The van der Waals surface area contributed by atoms with Gasteiger partial charge in [0, 0.05) is 18.7 Å². The zero-order valence-corrected chi connectivity index (χ0v) is 13.6. The highest BCUT2D eigenvalue weighted by Crippen LogP contribution is 2.28. The van der Waals surface area contributed by atoms with Gasteiger partial charge in [0.25, 0.3) is 5.69 Å². The predicted octanol–water partition coefficient (Wildman–Crippen LogP) is 3.79. The lowest BCUT2D eigenvalue weighted by Gasteiger charge is -2.05. The number of nitrogens with zero attached hydrogens (tertiary/aromatic N) is 3. The molecule has 0 atom stereocenters. The summed E-state index contributed by atoms with van der Waals surface area (Å²) in [6.07, 6.45) is 0.791. The molecule has 2 aromatic carbocycles. The van der Waals surface area contributed by atoms with E-state index in [-0.39, 0.29) is 12.3 Å². The zero-order chi connectivity index (χ0) is 17.4. The van der Waals surface area contributed by atoms with E-state index < -0.39 is 4.92 Å². The van der Waals surface area contributed by atoms with E-state index in [0.29, 0.717) is 22.9 Å². The molecule has 0 saturated carbocycles. The van der Waals surface area contributed by atoms with Crippen LogP contribution in [-0.4, -0.2) is 29.7 Å². The first-order chi connectivity index (χ1) is 11.6. The second-order valence-corrected chi connectivity index (χ2v) is 5.39. The fraction of sp³-hybridized carbons (Fsp3) is 0.250. The molecule has 0 bridgehead atoms. The number of aliphatic hydroxyl groups excluding tert-OH is 1. The molecular weight excluding hydrogens is 332 g/mol. The molecule has 0 saturated heterocycles. The molecule has 8 heteroatoms. The van der Waals surface area contributed by atoms with Gasteiger partial charge in [0.05, 0.1) is 22.2 Å². The molecule has 0 aliphatic heterocycles. The first-order valence-electron chi connectivity index (χ1n) is 7.36. The molecule has 0 aromatic heterocycles. The van der Waals surface area contributed by atoms with Crippen molar-refractivity contribution in [1.29, 1.82) is 0 Å². The predicted molar refractivity (Wildman–Crippen MR) is 92.4 cm³/mol. The van der Waals surface area contributed by atoms with Gasteiger partial charge in [0.1, 0.15) is 5.69 Å². The first-order valence-corrected chi connectivity index (χ1v) is 7.74. The van der Waals surface area contributed by atoms with Crippen molar-refractivity contribution in [2.24, 2.45) is 10.2 Å². The van der Waals surface area contributed by atoms with Crippen LogP contribution in [0.25, 0.3) is 0 Å². The Hall–Kier alpha value is -2.35. The number of nitrogens with one attached hydrogen (secondary N) is 1. The molecule has 2 rings (SSSR count). The van der Waals surface area contributed by atoms with Gasteiger partial charge in [-0.3, -0.25) is 10.1 Å². The lowest BCUT2D eigenvalue weighted by atomic mass is 10.1. The summed E-state index contributed by atoms with van der Waals surface area (Å²) in [6.45, 7) is 1.43. The van der Waals surface area contributed by atoms with Gasteiger partial charge in [0.2, 0.25) is 0 Å². The van der Waals surface area contributed by atoms with E-state index in [0.717, 1.165) is 18.5 Å². The monoisotopic (exact) mass is 348 g/mol. The van der Waals surface area contributed by atoms with E-state index in [4.69, 9.17) is 16.7 Å². The van der Waals surface area contributed by atoms with Crippen molar-refractivity contribution in [1.82, 2.24) is 5.32 Å². The second-order valence-electron chi connectivity index (χ2n) is 4.98. The number of rotatable bonds is 8. The Morgan fingerprint density at radius 2 is 1.88 bits per heavy atom. The van der Waals surface area contributed by atoms with Crippen LogP contribution in [0.4, 0.5) is 17.1 Å². The number of azo groups is 1. The molecule has 126 valence electrons. The van der Waals surface area contributed by atoms with E-state index in [1.807, 2.05) is 12.1 Å². The summed E-state index contributed by atoms with van der Waals surface area (Å²) in [4.78, 5) is 10.1.